The Kier molecular flexibility index (Phi) is 4.60. The fourth-order valence-electron chi connectivity index (χ4n) is 1.34. The molecule has 13 heavy (non-hydrogen) atoms. The Balaban J connectivity index is 2.16. The van der Waals surface area contributed by atoms with E-state index in [1.54, 1.807) is 7.11 Å². The standard InChI is InChI=1S/C8H16N4O/c1-13-7-6-12(8-2-3-8)5-4-10-11-9/h8H,2-7H2,1H3. The lowest BCUT2D eigenvalue weighted by Gasteiger charge is -2.19. The zero-order valence-electron chi connectivity index (χ0n) is 8.02. The zero-order chi connectivity index (χ0) is 9.52. The minimum Gasteiger partial charge on any atom is -0.383 e. The number of rotatable bonds is 7. The minimum absolute atomic E-state index is 0.566. The van der Waals surface area contributed by atoms with Gasteiger partial charge in [-0.3, -0.25) is 4.90 Å². The SMILES string of the molecule is COCCN(CCN=[N+]=[N-])C1CC1. The highest BCUT2D eigenvalue weighted by atomic mass is 16.5. The normalized spacial score (nSPS) is 15.8. The highest BCUT2D eigenvalue weighted by Gasteiger charge is 2.27. The molecule has 1 fully saturated rings. The summed E-state index contributed by atoms with van der Waals surface area (Å²) in [5.74, 6) is 0. The molecule has 0 unspecified atom stereocenters. The highest BCUT2D eigenvalue weighted by Crippen LogP contribution is 2.26. The molecule has 1 rings (SSSR count). The molecule has 0 bridgehead atoms. The molecule has 0 saturated heterocycles. The lowest BCUT2D eigenvalue weighted by Crippen LogP contribution is -2.31. The van der Waals surface area contributed by atoms with Gasteiger partial charge in [0.05, 0.1) is 6.61 Å². The third-order valence-electron chi connectivity index (χ3n) is 2.20. The maximum absolute atomic E-state index is 8.12. The summed E-state index contributed by atoms with van der Waals surface area (Å²) < 4.78 is 5.01. The molecule has 0 atom stereocenters. The molecule has 5 nitrogen and oxygen atoms in total. The summed E-state index contributed by atoms with van der Waals surface area (Å²) in [6.45, 7) is 3.13. The van der Waals surface area contributed by atoms with Gasteiger partial charge < -0.3 is 4.74 Å². The summed E-state index contributed by atoms with van der Waals surface area (Å²) in [6, 6.07) is 0.712. The summed E-state index contributed by atoms with van der Waals surface area (Å²) in [4.78, 5) is 5.07. The summed E-state index contributed by atoms with van der Waals surface area (Å²) in [5.41, 5.74) is 8.12. The van der Waals surface area contributed by atoms with E-state index in [9.17, 15) is 0 Å². The maximum atomic E-state index is 8.12. The fraction of sp³-hybridized carbons (Fsp3) is 1.00. The molecule has 1 aliphatic rings. The predicted molar refractivity (Wildman–Crippen MR) is 50.5 cm³/mol. The largest absolute Gasteiger partial charge is 0.383 e. The third kappa shape index (κ3) is 4.12. The van der Waals surface area contributed by atoms with Crippen molar-refractivity contribution in [3.05, 3.63) is 10.4 Å². The molecular weight excluding hydrogens is 168 g/mol. The van der Waals surface area contributed by atoms with E-state index in [0.717, 1.165) is 19.7 Å². The molecule has 1 aliphatic carbocycles. The molecule has 74 valence electrons. The van der Waals surface area contributed by atoms with E-state index in [1.807, 2.05) is 0 Å². The molecule has 0 aliphatic heterocycles. The van der Waals surface area contributed by atoms with Gasteiger partial charge in [-0.1, -0.05) is 5.11 Å². The van der Waals surface area contributed by atoms with Crippen molar-refractivity contribution in [1.82, 2.24) is 4.90 Å². The van der Waals surface area contributed by atoms with Crippen LogP contribution in [0.4, 0.5) is 0 Å². The second kappa shape index (κ2) is 5.80. The van der Waals surface area contributed by atoms with E-state index in [1.165, 1.54) is 12.8 Å². The van der Waals surface area contributed by atoms with Crippen LogP contribution in [-0.2, 0) is 4.74 Å². The van der Waals surface area contributed by atoms with Gasteiger partial charge in [-0.15, -0.1) is 0 Å². The quantitative estimate of drug-likeness (QED) is 0.341. The van der Waals surface area contributed by atoms with Crippen molar-refractivity contribution < 1.29 is 4.74 Å². The van der Waals surface area contributed by atoms with Gasteiger partial charge in [0.2, 0.25) is 0 Å². The highest BCUT2D eigenvalue weighted by molar-refractivity contribution is 4.84. The fourth-order valence-corrected chi connectivity index (χ4v) is 1.34. The van der Waals surface area contributed by atoms with E-state index in [0.29, 0.717) is 12.6 Å². The van der Waals surface area contributed by atoms with Gasteiger partial charge in [-0.05, 0) is 18.4 Å². The molecule has 0 aromatic carbocycles. The molecule has 0 aromatic heterocycles. The minimum atomic E-state index is 0.566. The second-order valence-corrected chi connectivity index (χ2v) is 3.21. The first kappa shape index (κ1) is 10.3. The average molecular weight is 184 g/mol. The van der Waals surface area contributed by atoms with Crippen LogP contribution in [0.25, 0.3) is 10.4 Å². The summed E-state index contributed by atoms with van der Waals surface area (Å²) in [6.07, 6.45) is 2.56. The Morgan fingerprint density at radius 1 is 1.54 bits per heavy atom. The molecule has 0 heterocycles. The van der Waals surface area contributed by atoms with Crippen LogP contribution in [0.5, 0.6) is 0 Å². The number of methoxy groups -OCH3 is 1. The topological polar surface area (TPSA) is 61.2 Å². The number of azide groups is 1. The Hall–Kier alpha value is -0.770. The van der Waals surface area contributed by atoms with Crippen LogP contribution in [0.1, 0.15) is 12.8 Å². The van der Waals surface area contributed by atoms with Crippen LogP contribution in [0, 0.1) is 0 Å². The van der Waals surface area contributed by atoms with E-state index < -0.39 is 0 Å². The van der Waals surface area contributed by atoms with Crippen molar-refractivity contribution >= 4 is 0 Å². The molecule has 0 amide bonds. The van der Waals surface area contributed by atoms with Gasteiger partial charge in [-0.2, -0.15) is 0 Å². The van der Waals surface area contributed by atoms with Crippen molar-refractivity contribution in [3.8, 4) is 0 Å². The zero-order valence-corrected chi connectivity index (χ0v) is 8.02. The lowest BCUT2D eigenvalue weighted by atomic mass is 10.4. The van der Waals surface area contributed by atoms with E-state index >= 15 is 0 Å². The van der Waals surface area contributed by atoms with Crippen LogP contribution in [0.2, 0.25) is 0 Å². The van der Waals surface area contributed by atoms with Gasteiger partial charge in [0, 0.05) is 37.7 Å². The first-order chi connectivity index (χ1) is 6.38. The summed E-state index contributed by atoms with van der Waals surface area (Å²) >= 11 is 0. The molecule has 0 spiro atoms. The van der Waals surface area contributed by atoms with E-state index in [-0.39, 0.29) is 0 Å². The second-order valence-electron chi connectivity index (χ2n) is 3.21. The van der Waals surface area contributed by atoms with Gasteiger partial charge in [0.25, 0.3) is 0 Å². The Labute approximate surface area is 78.3 Å². The van der Waals surface area contributed by atoms with Gasteiger partial charge >= 0.3 is 0 Å². The predicted octanol–water partition coefficient (Wildman–Crippen LogP) is 1.41. The third-order valence-corrected chi connectivity index (χ3v) is 2.20. The van der Waals surface area contributed by atoms with E-state index in [4.69, 9.17) is 10.3 Å². The van der Waals surface area contributed by atoms with Gasteiger partial charge in [0.15, 0.2) is 0 Å². The van der Waals surface area contributed by atoms with Crippen molar-refractivity contribution in [2.24, 2.45) is 5.11 Å². The first-order valence-electron chi connectivity index (χ1n) is 4.62. The van der Waals surface area contributed by atoms with Gasteiger partial charge in [0.1, 0.15) is 0 Å². The van der Waals surface area contributed by atoms with Gasteiger partial charge in [-0.25, -0.2) is 0 Å². The lowest BCUT2D eigenvalue weighted by molar-refractivity contribution is 0.145. The number of ether oxygens (including phenoxy) is 1. The summed E-state index contributed by atoms with van der Waals surface area (Å²) in [7, 11) is 1.71. The summed E-state index contributed by atoms with van der Waals surface area (Å²) in [5, 5.41) is 3.53. The number of nitrogens with zero attached hydrogens (tertiary/aromatic N) is 4. The Bertz CT molecular complexity index is 187. The van der Waals surface area contributed by atoms with Crippen LogP contribution in [0.3, 0.4) is 0 Å². The number of hydrogen-bond acceptors (Lipinski definition) is 3. The van der Waals surface area contributed by atoms with Crippen molar-refractivity contribution in [1.29, 1.82) is 0 Å². The molecule has 0 aromatic rings. The first-order valence-corrected chi connectivity index (χ1v) is 4.62. The Morgan fingerprint density at radius 3 is 2.85 bits per heavy atom. The van der Waals surface area contributed by atoms with Crippen LogP contribution in [0.15, 0.2) is 5.11 Å². The molecule has 5 heteroatoms. The average Bonchev–Trinajstić information content (AvgIpc) is 2.94. The van der Waals surface area contributed by atoms with Crippen LogP contribution in [-0.4, -0.2) is 44.3 Å². The maximum Gasteiger partial charge on any atom is 0.0589 e. The van der Waals surface area contributed by atoms with Crippen molar-refractivity contribution in [2.45, 2.75) is 18.9 Å². The van der Waals surface area contributed by atoms with Crippen LogP contribution >= 0.6 is 0 Å². The molecule has 0 radical (unpaired) electrons. The smallest absolute Gasteiger partial charge is 0.0589 e. The molecular formula is C8H16N4O. The van der Waals surface area contributed by atoms with E-state index in [2.05, 4.69) is 14.9 Å². The Morgan fingerprint density at radius 2 is 2.31 bits per heavy atom. The van der Waals surface area contributed by atoms with Crippen LogP contribution < -0.4 is 0 Å². The van der Waals surface area contributed by atoms with Crippen molar-refractivity contribution in [3.63, 3.8) is 0 Å². The molecule has 1 saturated carbocycles. The van der Waals surface area contributed by atoms with Crippen molar-refractivity contribution in [2.75, 3.05) is 33.4 Å². The number of hydrogen-bond donors (Lipinski definition) is 0. The monoisotopic (exact) mass is 184 g/mol. The molecule has 0 N–H and O–H groups in total.